The van der Waals surface area contributed by atoms with Crippen molar-refractivity contribution < 1.29 is 9.53 Å². The molecular weight excluding hydrogens is 342 g/mol. The second-order valence-corrected chi connectivity index (χ2v) is 7.24. The molecule has 0 bridgehead atoms. The molecule has 0 saturated heterocycles. The molecule has 0 aliphatic rings. The summed E-state index contributed by atoms with van der Waals surface area (Å²) in [5, 5.41) is 3.61. The number of carbonyl (C=O) groups is 1. The van der Waals surface area contributed by atoms with Crippen molar-refractivity contribution in [3.63, 3.8) is 0 Å². The van der Waals surface area contributed by atoms with E-state index in [-0.39, 0.29) is 5.91 Å². The van der Waals surface area contributed by atoms with Crippen LogP contribution in [-0.2, 0) is 15.1 Å². The summed E-state index contributed by atoms with van der Waals surface area (Å²) in [6, 6.07) is 17.6. The fourth-order valence-corrected chi connectivity index (χ4v) is 3.31. The monoisotopic (exact) mass is 363 g/mol. The van der Waals surface area contributed by atoms with Crippen LogP contribution in [-0.4, -0.2) is 25.3 Å². The van der Waals surface area contributed by atoms with Crippen molar-refractivity contribution in [2.45, 2.75) is 23.8 Å². The highest BCUT2D eigenvalue weighted by Crippen LogP contribution is 2.26. The number of rotatable bonds is 8. The normalized spacial score (nSPS) is 13.3. The van der Waals surface area contributed by atoms with Gasteiger partial charge in [-0.25, -0.2) is 0 Å². The molecule has 1 N–H and O–H groups in total. The number of methoxy groups -OCH3 is 1. The fourth-order valence-electron chi connectivity index (χ4n) is 2.24. The minimum atomic E-state index is -0.604. The number of hydrogen-bond acceptors (Lipinski definition) is 3. The number of amides is 1. The Morgan fingerprint density at radius 3 is 2.62 bits per heavy atom. The van der Waals surface area contributed by atoms with Gasteiger partial charge in [0.1, 0.15) is 5.60 Å². The minimum absolute atomic E-state index is 0.0173. The van der Waals surface area contributed by atoms with Gasteiger partial charge in [0.05, 0.1) is 6.54 Å². The molecule has 0 fully saturated rings. The van der Waals surface area contributed by atoms with Crippen LogP contribution in [0, 0.1) is 0 Å². The predicted octanol–water partition coefficient (Wildman–Crippen LogP) is 4.50. The third kappa shape index (κ3) is 5.55. The summed E-state index contributed by atoms with van der Waals surface area (Å²) < 4.78 is 5.62. The summed E-state index contributed by atoms with van der Waals surface area (Å²) in [5.41, 5.74) is 0.337. The van der Waals surface area contributed by atoms with Gasteiger partial charge in [0.2, 0.25) is 5.91 Å². The third-order valence-electron chi connectivity index (χ3n) is 3.85. The van der Waals surface area contributed by atoms with Crippen LogP contribution >= 0.6 is 23.4 Å². The molecule has 0 saturated carbocycles. The first kappa shape index (κ1) is 18.8. The summed E-state index contributed by atoms with van der Waals surface area (Å²) in [4.78, 5) is 13.3. The predicted molar refractivity (Wildman–Crippen MR) is 101 cm³/mol. The first-order valence-corrected chi connectivity index (χ1v) is 9.15. The third-order valence-corrected chi connectivity index (χ3v) is 5.10. The quantitative estimate of drug-likeness (QED) is 0.702. The molecule has 1 amide bonds. The lowest BCUT2D eigenvalue weighted by molar-refractivity contribution is -0.122. The number of hydrogen-bond donors (Lipinski definition) is 1. The Morgan fingerprint density at radius 2 is 1.96 bits per heavy atom. The van der Waals surface area contributed by atoms with E-state index in [1.807, 2.05) is 61.5 Å². The van der Waals surface area contributed by atoms with Gasteiger partial charge in [-0.2, -0.15) is 0 Å². The van der Waals surface area contributed by atoms with Crippen molar-refractivity contribution in [3.8, 4) is 0 Å². The molecule has 0 aliphatic heterocycles. The van der Waals surface area contributed by atoms with Gasteiger partial charge >= 0.3 is 0 Å². The number of nitrogens with one attached hydrogen (secondary N) is 1. The Hall–Kier alpha value is -1.49. The molecule has 2 rings (SSSR count). The van der Waals surface area contributed by atoms with Crippen LogP contribution in [0.2, 0.25) is 5.02 Å². The van der Waals surface area contributed by atoms with Crippen LogP contribution < -0.4 is 5.32 Å². The molecule has 0 spiro atoms. The second kappa shape index (κ2) is 9.11. The van der Waals surface area contributed by atoms with Gasteiger partial charge in [0, 0.05) is 29.2 Å². The molecule has 3 nitrogen and oxygen atoms in total. The number of halogens is 1. The number of benzene rings is 2. The Kier molecular flexibility index (Phi) is 7.16. The summed E-state index contributed by atoms with van der Waals surface area (Å²) in [6.07, 6.45) is 0.467. The van der Waals surface area contributed by atoms with Crippen LogP contribution in [0.4, 0.5) is 0 Å². The maximum absolute atomic E-state index is 12.1. The van der Waals surface area contributed by atoms with E-state index in [4.69, 9.17) is 16.3 Å². The van der Waals surface area contributed by atoms with Crippen LogP contribution in [0.3, 0.4) is 0 Å². The van der Waals surface area contributed by atoms with Crippen LogP contribution in [0.25, 0.3) is 0 Å². The van der Waals surface area contributed by atoms with Crippen LogP contribution in [0.5, 0.6) is 0 Å². The SMILES string of the molecule is CO[C@@](C)(CNC(=O)CCSc1ccccc1)c1cccc(Cl)c1. The Bertz CT molecular complexity index is 665. The average molecular weight is 364 g/mol. The zero-order chi connectivity index (χ0) is 17.4. The second-order valence-electron chi connectivity index (χ2n) is 5.63. The molecule has 2 aromatic carbocycles. The van der Waals surface area contributed by atoms with Gasteiger partial charge in [0.15, 0.2) is 0 Å². The molecule has 0 heterocycles. The molecule has 0 aromatic heterocycles. The molecule has 0 unspecified atom stereocenters. The van der Waals surface area contributed by atoms with Crippen molar-refractivity contribution in [1.82, 2.24) is 5.32 Å². The highest BCUT2D eigenvalue weighted by Gasteiger charge is 2.27. The van der Waals surface area contributed by atoms with E-state index in [0.717, 1.165) is 11.3 Å². The molecule has 1 atom stereocenters. The molecular formula is C19H22ClNO2S. The summed E-state index contributed by atoms with van der Waals surface area (Å²) in [5.74, 6) is 0.764. The van der Waals surface area contributed by atoms with Crippen molar-refractivity contribution in [2.24, 2.45) is 0 Å². The standard InChI is InChI=1S/C19H22ClNO2S/c1-19(23-2,15-7-6-8-16(20)13-15)14-21-18(22)11-12-24-17-9-4-3-5-10-17/h3-10,13H,11-12,14H2,1-2H3,(H,21,22)/t19-/m0/s1. The highest BCUT2D eigenvalue weighted by atomic mass is 35.5. The zero-order valence-electron chi connectivity index (χ0n) is 13.9. The lowest BCUT2D eigenvalue weighted by Crippen LogP contribution is -2.40. The topological polar surface area (TPSA) is 38.3 Å². The molecule has 0 aliphatic carbocycles. The van der Waals surface area contributed by atoms with Gasteiger partial charge in [-0.05, 0) is 36.8 Å². The van der Waals surface area contributed by atoms with E-state index in [0.29, 0.717) is 18.0 Å². The van der Waals surface area contributed by atoms with Crippen molar-refractivity contribution >= 4 is 29.3 Å². The van der Waals surface area contributed by atoms with Gasteiger partial charge in [0.25, 0.3) is 0 Å². The molecule has 2 aromatic rings. The van der Waals surface area contributed by atoms with Crippen molar-refractivity contribution in [1.29, 1.82) is 0 Å². The smallest absolute Gasteiger partial charge is 0.220 e. The minimum Gasteiger partial charge on any atom is -0.372 e. The first-order valence-electron chi connectivity index (χ1n) is 7.79. The van der Waals surface area contributed by atoms with E-state index in [1.165, 1.54) is 4.90 Å². The molecule has 24 heavy (non-hydrogen) atoms. The average Bonchev–Trinajstić information content (AvgIpc) is 2.60. The highest BCUT2D eigenvalue weighted by molar-refractivity contribution is 7.99. The van der Waals surface area contributed by atoms with E-state index in [9.17, 15) is 4.79 Å². The Labute approximate surface area is 152 Å². The largest absolute Gasteiger partial charge is 0.372 e. The maximum Gasteiger partial charge on any atom is 0.220 e. The number of carbonyl (C=O) groups excluding carboxylic acids is 1. The van der Waals surface area contributed by atoms with Gasteiger partial charge in [-0.15, -0.1) is 11.8 Å². The van der Waals surface area contributed by atoms with E-state index < -0.39 is 5.60 Å². The summed E-state index contributed by atoms with van der Waals surface area (Å²) in [6.45, 7) is 2.34. The van der Waals surface area contributed by atoms with E-state index >= 15 is 0 Å². The molecule has 5 heteroatoms. The Balaban J connectivity index is 1.83. The van der Waals surface area contributed by atoms with Crippen LogP contribution in [0.15, 0.2) is 59.5 Å². The number of ether oxygens (including phenoxy) is 1. The van der Waals surface area contributed by atoms with E-state index in [2.05, 4.69) is 5.32 Å². The van der Waals surface area contributed by atoms with Crippen molar-refractivity contribution in [2.75, 3.05) is 19.4 Å². The maximum atomic E-state index is 12.1. The Morgan fingerprint density at radius 1 is 1.21 bits per heavy atom. The van der Waals surface area contributed by atoms with Crippen LogP contribution in [0.1, 0.15) is 18.9 Å². The fraction of sp³-hybridized carbons (Fsp3) is 0.316. The summed E-state index contributed by atoms with van der Waals surface area (Å²) in [7, 11) is 1.64. The molecule has 0 radical (unpaired) electrons. The van der Waals surface area contributed by atoms with Crippen molar-refractivity contribution in [3.05, 3.63) is 65.2 Å². The lowest BCUT2D eigenvalue weighted by atomic mass is 9.95. The van der Waals surface area contributed by atoms with Gasteiger partial charge < -0.3 is 10.1 Å². The summed E-state index contributed by atoms with van der Waals surface area (Å²) >= 11 is 7.73. The lowest BCUT2D eigenvalue weighted by Gasteiger charge is -2.29. The van der Waals surface area contributed by atoms with Gasteiger partial charge in [-0.1, -0.05) is 41.9 Å². The van der Waals surface area contributed by atoms with E-state index in [1.54, 1.807) is 18.9 Å². The molecule has 128 valence electrons. The number of thioether (sulfide) groups is 1. The van der Waals surface area contributed by atoms with Gasteiger partial charge in [-0.3, -0.25) is 4.79 Å². The first-order chi connectivity index (χ1) is 11.5. The zero-order valence-corrected chi connectivity index (χ0v) is 15.5.